The Balaban J connectivity index is 1.72. The summed E-state index contributed by atoms with van der Waals surface area (Å²) in [6, 6.07) is 7.55. The molecule has 150 valence electrons. The average molecular weight is 396 g/mol. The van der Waals surface area contributed by atoms with Gasteiger partial charge in [0.05, 0.1) is 24.3 Å². The standard InChI is InChI=1S/C20H20F4N2O2/c1-28-11-18(13-3-2-4-14(9-13)20(22,23)24)26-19(27)25-17-8-6-12-5-7-15(21)10-16(12)17/h2-5,7,9-10,17-18H,6,8,11H2,1H3,(H2,25,26,27). The number of halogens is 4. The number of urea groups is 1. The van der Waals surface area contributed by atoms with Crippen molar-refractivity contribution in [2.45, 2.75) is 31.1 Å². The van der Waals surface area contributed by atoms with E-state index >= 15 is 0 Å². The molecule has 2 aromatic carbocycles. The van der Waals surface area contributed by atoms with Crippen LogP contribution in [0.25, 0.3) is 0 Å². The molecule has 2 N–H and O–H groups in total. The summed E-state index contributed by atoms with van der Waals surface area (Å²) in [5.74, 6) is -0.380. The number of rotatable bonds is 5. The molecule has 2 atom stereocenters. The van der Waals surface area contributed by atoms with E-state index in [0.29, 0.717) is 6.42 Å². The number of methoxy groups -OCH3 is 1. The number of benzene rings is 2. The summed E-state index contributed by atoms with van der Waals surface area (Å²) in [7, 11) is 1.40. The molecule has 2 unspecified atom stereocenters. The molecular formula is C20H20F4N2O2. The van der Waals surface area contributed by atoms with Crippen LogP contribution in [0.15, 0.2) is 42.5 Å². The van der Waals surface area contributed by atoms with Crippen molar-refractivity contribution in [3.05, 3.63) is 70.5 Å². The summed E-state index contributed by atoms with van der Waals surface area (Å²) in [6.07, 6.45) is -3.13. The molecule has 0 radical (unpaired) electrons. The van der Waals surface area contributed by atoms with Crippen LogP contribution >= 0.6 is 0 Å². The van der Waals surface area contributed by atoms with Crippen LogP contribution in [0.5, 0.6) is 0 Å². The highest BCUT2D eigenvalue weighted by Gasteiger charge is 2.31. The molecule has 0 saturated carbocycles. The van der Waals surface area contributed by atoms with Gasteiger partial charge in [-0.1, -0.05) is 18.2 Å². The van der Waals surface area contributed by atoms with E-state index in [4.69, 9.17) is 4.74 Å². The van der Waals surface area contributed by atoms with Crippen molar-refractivity contribution >= 4 is 6.03 Å². The zero-order valence-electron chi connectivity index (χ0n) is 15.1. The van der Waals surface area contributed by atoms with Gasteiger partial charge in [-0.05, 0) is 53.8 Å². The molecule has 0 aromatic heterocycles. The van der Waals surface area contributed by atoms with E-state index in [1.54, 1.807) is 6.07 Å². The SMILES string of the molecule is COCC(NC(=O)NC1CCc2ccc(F)cc21)c1cccc(C(F)(F)F)c1. The van der Waals surface area contributed by atoms with E-state index < -0.39 is 23.8 Å². The fourth-order valence-electron chi connectivity index (χ4n) is 3.40. The number of hydrogen-bond donors (Lipinski definition) is 2. The molecule has 0 spiro atoms. The first-order valence-electron chi connectivity index (χ1n) is 8.79. The van der Waals surface area contributed by atoms with Gasteiger partial charge < -0.3 is 15.4 Å². The number of carbonyl (C=O) groups is 1. The third kappa shape index (κ3) is 4.62. The van der Waals surface area contributed by atoms with Gasteiger partial charge in [0, 0.05) is 7.11 Å². The molecule has 2 amide bonds. The van der Waals surface area contributed by atoms with Crippen LogP contribution in [-0.4, -0.2) is 19.7 Å². The molecule has 0 aliphatic heterocycles. The van der Waals surface area contributed by atoms with Crippen molar-refractivity contribution in [1.82, 2.24) is 10.6 Å². The molecular weight excluding hydrogens is 376 g/mol. The van der Waals surface area contributed by atoms with Crippen molar-refractivity contribution < 1.29 is 27.1 Å². The van der Waals surface area contributed by atoms with E-state index in [2.05, 4.69) is 10.6 Å². The van der Waals surface area contributed by atoms with Crippen LogP contribution in [0.4, 0.5) is 22.4 Å². The van der Waals surface area contributed by atoms with Gasteiger partial charge in [-0.2, -0.15) is 13.2 Å². The van der Waals surface area contributed by atoms with E-state index in [1.165, 1.54) is 31.4 Å². The lowest BCUT2D eigenvalue weighted by atomic mass is 10.0. The van der Waals surface area contributed by atoms with Crippen molar-refractivity contribution in [1.29, 1.82) is 0 Å². The number of ether oxygens (including phenoxy) is 1. The highest BCUT2D eigenvalue weighted by Crippen LogP contribution is 2.32. The predicted molar refractivity (Wildman–Crippen MR) is 95.2 cm³/mol. The number of aryl methyl sites for hydroxylation is 1. The lowest BCUT2D eigenvalue weighted by Gasteiger charge is -2.22. The summed E-state index contributed by atoms with van der Waals surface area (Å²) in [6.45, 7) is 0.00458. The molecule has 3 rings (SSSR count). The number of alkyl halides is 3. The molecule has 28 heavy (non-hydrogen) atoms. The molecule has 0 fully saturated rings. The van der Waals surface area contributed by atoms with Crippen LogP contribution < -0.4 is 10.6 Å². The molecule has 1 aliphatic rings. The normalized spacial score (nSPS) is 17.1. The second-order valence-corrected chi connectivity index (χ2v) is 6.68. The van der Waals surface area contributed by atoms with Crippen molar-refractivity contribution in [3.8, 4) is 0 Å². The van der Waals surface area contributed by atoms with Gasteiger partial charge >= 0.3 is 12.2 Å². The van der Waals surface area contributed by atoms with Gasteiger partial charge in [-0.25, -0.2) is 9.18 Å². The number of amides is 2. The molecule has 0 saturated heterocycles. The van der Waals surface area contributed by atoms with Gasteiger partial charge in [0.25, 0.3) is 0 Å². The third-order valence-corrected chi connectivity index (χ3v) is 4.75. The summed E-state index contributed by atoms with van der Waals surface area (Å²) >= 11 is 0. The Morgan fingerprint density at radius 2 is 2.04 bits per heavy atom. The largest absolute Gasteiger partial charge is 0.416 e. The first-order chi connectivity index (χ1) is 13.3. The third-order valence-electron chi connectivity index (χ3n) is 4.75. The van der Waals surface area contributed by atoms with Crippen LogP contribution in [0.3, 0.4) is 0 Å². The quantitative estimate of drug-likeness (QED) is 0.731. The summed E-state index contributed by atoms with van der Waals surface area (Å²) < 4.78 is 57.4. The summed E-state index contributed by atoms with van der Waals surface area (Å²) in [5.41, 5.74) is 1.17. The first-order valence-corrected chi connectivity index (χ1v) is 8.79. The minimum absolute atomic E-state index is 0.00458. The lowest BCUT2D eigenvalue weighted by molar-refractivity contribution is -0.137. The van der Waals surface area contributed by atoms with Gasteiger partial charge in [0.15, 0.2) is 0 Å². The van der Waals surface area contributed by atoms with Crippen molar-refractivity contribution in [2.75, 3.05) is 13.7 Å². The van der Waals surface area contributed by atoms with Crippen LogP contribution in [-0.2, 0) is 17.3 Å². The minimum atomic E-state index is -4.48. The van der Waals surface area contributed by atoms with Crippen LogP contribution in [0.2, 0.25) is 0 Å². The molecule has 1 aliphatic carbocycles. The van der Waals surface area contributed by atoms with E-state index in [1.807, 2.05) is 0 Å². The smallest absolute Gasteiger partial charge is 0.382 e. The molecule has 4 nitrogen and oxygen atoms in total. The monoisotopic (exact) mass is 396 g/mol. The van der Waals surface area contributed by atoms with Crippen LogP contribution in [0, 0.1) is 5.82 Å². The maximum Gasteiger partial charge on any atom is 0.416 e. The van der Waals surface area contributed by atoms with E-state index in [0.717, 1.165) is 29.7 Å². The number of fused-ring (bicyclic) bond motifs is 1. The van der Waals surface area contributed by atoms with Gasteiger partial charge in [0.2, 0.25) is 0 Å². The number of nitrogens with one attached hydrogen (secondary N) is 2. The molecule has 8 heteroatoms. The van der Waals surface area contributed by atoms with Crippen molar-refractivity contribution in [2.24, 2.45) is 0 Å². The van der Waals surface area contributed by atoms with Gasteiger partial charge in [-0.15, -0.1) is 0 Å². The maximum absolute atomic E-state index is 13.5. The highest BCUT2D eigenvalue weighted by atomic mass is 19.4. The number of hydrogen-bond acceptors (Lipinski definition) is 2. The molecule has 0 heterocycles. The Morgan fingerprint density at radius 1 is 1.25 bits per heavy atom. The lowest BCUT2D eigenvalue weighted by Crippen LogP contribution is -2.40. The minimum Gasteiger partial charge on any atom is -0.382 e. The topological polar surface area (TPSA) is 50.4 Å². The predicted octanol–water partition coefficient (Wildman–Crippen LogP) is 4.52. The zero-order chi connectivity index (χ0) is 20.3. The molecule has 0 bridgehead atoms. The second-order valence-electron chi connectivity index (χ2n) is 6.68. The summed E-state index contributed by atoms with van der Waals surface area (Å²) in [5, 5.41) is 5.42. The first kappa shape index (κ1) is 20.1. The Labute approximate surface area is 159 Å². The fourth-order valence-corrected chi connectivity index (χ4v) is 3.40. The Morgan fingerprint density at radius 3 is 2.75 bits per heavy atom. The Hall–Kier alpha value is -2.61. The fraction of sp³-hybridized carbons (Fsp3) is 0.350. The Bertz CT molecular complexity index is 854. The highest BCUT2D eigenvalue weighted by molar-refractivity contribution is 5.75. The Kier molecular flexibility index (Phi) is 5.88. The second kappa shape index (κ2) is 8.18. The van der Waals surface area contributed by atoms with E-state index in [9.17, 15) is 22.4 Å². The maximum atomic E-state index is 13.5. The van der Waals surface area contributed by atoms with Crippen LogP contribution in [0.1, 0.15) is 40.8 Å². The average Bonchev–Trinajstić information content (AvgIpc) is 3.02. The molecule has 2 aromatic rings. The van der Waals surface area contributed by atoms with Gasteiger partial charge in [0.1, 0.15) is 5.82 Å². The van der Waals surface area contributed by atoms with Gasteiger partial charge in [-0.3, -0.25) is 0 Å². The number of carbonyl (C=O) groups excluding carboxylic acids is 1. The van der Waals surface area contributed by atoms with Crippen molar-refractivity contribution in [3.63, 3.8) is 0 Å². The zero-order valence-corrected chi connectivity index (χ0v) is 15.1. The van der Waals surface area contributed by atoms with E-state index in [-0.39, 0.29) is 24.0 Å². The summed E-state index contributed by atoms with van der Waals surface area (Å²) in [4.78, 5) is 12.4.